The van der Waals surface area contributed by atoms with Crippen molar-refractivity contribution >= 4 is 21.7 Å². The Hall–Kier alpha value is -2.42. The number of nitrogens with one attached hydrogen (secondary N) is 1. The van der Waals surface area contributed by atoms with Crippen LogP contribution in [0.15, 0.2) is 53.4 Å². The quantitative estimate of drug-likeness (QED) is 0.714. The number of hydrogen-bond donors (Lipinski definition) is 1. The zero-order valence-electron chi connectivity index (χ0n) is 18.5. The van der Waals surface area contributed by atoms with Crippen LogP contribution in [0.1, 0.15) is 36.8 Å². The van der Waals surface area contributed by atoms with Gasteiger partial charge in [0.2, 0.25) is 10.0 Å². The van der Waals surface area contributed by atoms with Crippen LogP contribution in [0, 0.1) is 6.92 Å². The highest BCUT2D eigenvalue weighted by Crippen LogP contribution is 2.55. The number of carbonyl (C=O) groups is 1. The van der Waals surface area contributed by atoms with Crippen LogP contribution in [-0.4, -0.2) is 56.0 Å². The second-order valence-corrected chi connectivity index (χ2v) is 10.8. The number of fused-ring (bicyclic) bond motifs is 3. The molecule has 0 radical (unpaired) electrons. The van der Waals surface area contributed by atoms with E-state index in [1.807, 2.05) is 25.1 Å². The Kier molecular flexibility index (Phi) is 5.27. The van der Waals surface area contributed by atoms with Gasteiger partial charge >= 0.3 is 5.97 Å². The molecule has 2 aromatic carbocycles. The minimum atomic E-state index is -3.97. The highest BCUT2D eigenvalue weighted by atomic mass is 32.2. The SMILES string of the molecule is COC(=O)[C@H]1C[C@@]2(N3CCCCC3)c3ccccc3N[C@H]2N1S(=O)(=O)c1ccc(C)cc1. The molecule has 3 aliphatic rings. The number of rotatable bonds is 4. The third kappa shape index (κ3) is 3.08. The Bertz CT molecular complexity index is 1130. The fourth-order valence-electron chi connectivity index (χ4n) is 5.69. The van der Waals surface area contributed by atoms with Gasteiger partial charge in [0, 0.05) is 12.1 Å². The first kappa shape index (κ1) is 21.4. The van der Waals surface area contributed by atoms with Crippen molar-refractivity contribution in [2.75, 3.05) is 25.5 Å². The lowest BCUT2D eigenvalue weighted by Gasteiger charge is -2.44. The Labute approximate surface area is 189 Å². The first-order valence-corrected chi connectivity index (χ1v) is 12.6. The third-order valence-electron chi connectivity index (χ3n) is 7.19. The fraction of sp³-hybridized carbons (Fsp3) is 0.458. The van der Waals surface area contributed by atoms with E-state index in [0.717, 1.165) is 49.2 Å². The van der Waals surface area contributed by atoms with Gasteiger partial charge in [-0.2, -0.15) is 4.31 Å². The summed E-state index contributed by atoms with van der Waals surface area (Å²) in [5, 5.41) is 3.48. The monoisotopic (exact) mass is 455 g/mol. The van der Waals surface area contributed by atoms with E-state index in [2.05, 4.69) is 16.3 Å². The second-order valence-electron chi connectivity index (χ2n) is 8.96. The Morgan fingerprint density at radius 3 is 2.44 bits per heavy atom. The van der Waals surface area contributed by atoms with Crippen molar-refractivity contribution in [3.8, 4) is 0 Å². The molecule has 3 aliphatic heterocycles. The number of nitrogens with zero attached hydrogens (tertiary/aromatic N) is 2. The molecule has 5 rings (SSSR count). The van der Waals surface area contributed by atoms with Gasteiger partial charge in [-0.05, 0) is 56.6 Å². The van der Waals surface area contributed by atoms with Crippen molar-refractivity contribution < 1.29 is 17.9 Å². The van der Waals surface area contributed by atoms with Gasteiger partial charge < -0.3 is 10.1 Å². The topological polar surface area (TPSA) is 79.0 Å². The van der Waals surface area contributed by atoms with Crippen LogP contribution in [0.25, 0.3) is 0 Å². The van der Waals surface area contributed by atoms with Crippen LogP contribution in [0.5, 0.6) is 0 Å². The van der Waals surface area contributed by atoms with E-state index in [-0.39, 0.29) is 4.90 Å². The lowest BCUT2D eigenvalue weighted by molar-refractivity contribution is -0.144. The molecule has 0 unspecified atom stereocenters. The maximum absolute atomic E-state index is 14.0. The number of piperidine rings is 1. The van der Waals surface area contributed by atoms with Crippen molar-refractivity contribution in [3.05, 3.63) is 59.7 Å². The fourth-order valence-corrected chi connectivity index (χ4v) is 7.41. The lowest BCUT2D eigenvalue weighted by Crippen LogP contribution is -2.56. The number of sulfonamides is 1. The van der Waals surface area contributed by atoms with Crippen LogP contribution >= 0.6 is 0 Å². The molecular weight excluding hydrogens is 426 g/mol. The zero-order valence-corrected chi connectivity index (χ0v) is 19.3. The molecule has 3 atom stereocenters. The van der Waals surface area contributed by atoms with E-state index in [1.54, 1.807) is 24.3 Å². The molecule has 7 nitrogen and oxygen atoms in total. The summed E-state index contributed by atoms with van der Waals surface area (Å²) in [6.45, 7) is 3.66. The highest BCUT2D eigenvalue weighted by Gasteiger charge is 2.65. The van der Waals surface area contributed by atoms with Crippen molar-refractivity contribution in [1.82, 2.24) is 9.21 Å². The smallest absolute Gasteiger partial charge is 0.324 e. The molecule has 2 saturated heterocycles. The Morgan fingerprint density at radius 2 is 1.75 bits per heavy atom. The predicted octanol–water partition coefficient (Wildman–Crippen LogP) is 3.06. The molecule has 2 aromatic rings. The van der Waals surface area contributed by atoms with Crippen LogP contribution in [0.2, 0.25) is 0 Å². The number of benzene rings is 2. The van der Waals surface area contributed by atoms with Gasteiger partial charge in [0.05, 0.1) is 17.5 Å². The molecule has 1 N–H and O–H groups in total. The second kappa shape index (κ2) is 7.86. The van der Waals surface area contributed by atoms with Crippen LogP contribution in [0.4, 0.5) is 5.69 Å². The van der Waals surface area contributed by atoms with Crippen molar-refractivity contribution in [2.45, 2.75) is 55.2 Å². The van der Waals surface area contributed by atoms with E-state index in [0.29, 0.717) is 6.42 Å². The molecule has 0 aromatic heterocycles. The number of anilines is 1. The number of hydrogen-bond acceptors (Lipinski definition) is 6. The number of aryl methyl sites for hydroxylation is 1. The number of para-hydroxylation sites is 1. The van der Waals surface area contributed by atoms with Crippen LogP contribution in [-0.2, 0) is 25.1 Å². The highest BCUT2D eigenvalue weighted by molar-refractivity contribution is 7.89. The number of ether oxygens (including phenoxy) is 1. The van der Waals surface area contributed by atoms with Gasteiger partial charge in [0.25, 0.3) is 0 Å². The summed E-state index contributed by atoms with van der Waals surface area (Å²) in [7, 11) is -2.64. The molecule has 0 amide bonds. The largest absolute Gasteiger partial charge is 0.468 e. The number of esters is 1. The minimum absolute atomic E-state index is 0.184. The maximum Gasteiger partial charge on any atom is 0.324 e. The van der Waals surface area contributed by atoms with Crippen molar-refractivity contribution in [3.63, 3.8) is 0 Å². The van der Waals surface area contributed by atoms with Gasteiger partial charge in [-0.25, -0.2) is 8.42 Å². The average Bonchev–Trinajstić information content (AvgIpc) is 3.32. The van der Waals surface area contributed by atoms with E-state index in [4.69, 9.17) is 4.74 Å². The summed E-state index contributed by atoms with van der Waals surface area (Å²) in [6.07, 6.45) is 3.06. The normalized spacial score (nSPS) is 28.1. The van der Waals surface area contributed by atoms with Gasteiger partial charge in [-0.3, -0.25) is 9.69 Å². The molecular formula is C24H29N3O4S. The molecule has 170 valence electrons. The van der Waals surface area contributed by atoms with Crippen LogP contribution < -0.4 is 5.32 Å². The first-order valence-electron chi connectivity index (χ1n) is 11.2. The van der Waals surface area contributed by atoms with Gasteiger partial charge in [-0.15, -0.1) is 0 Å². The van der Waals surface area contributed by atoms with Crippen molar-refractivity contribution in [1.29, 1.82) is 0 Å². The summed E-state index contributed by atoms with van der Waals surface area (Å²) >= 11 is 0. The first-order chi connectivity index (χ1) is 15.4. The summed E-state index contributed by atoms with van der Waals surface area (Å²) < 4.78 is 34.4. The van der Waals surface area contributed by atoms with E-state index >= 15 is 0 Å². The maximum atomic E-state index is 14.0. The predicted molar refractivity (Wildman–Crippen MR) is 122 cm³/mol. The van der Waals surface area contributed by atoms with E-state index in [9.17, 15) is 13.2 Å². The molecule has 0 aliphatic carbocycles. The van der Waals surface area contributed by atoms with Crippen LogP contribution in [0.3, 0.4) is 0 Å². The van der Waals surface area contributed by atoms with E-state index in [1.165, 1.54) is 11.4 Å². The summed E-state index contributed by atoms with van der Waals surface area (Å²) in [5.74, 6) is -0.522. The average molecular weight is 456 g/mol. The molecule has 2 fully saturated rings. The number of likely N-dealkylation sites (tertiary alicyclic amines) is 1. The molecule has 32 heavy (non-hydrogen) atoms. The summed E-state index contributed by atoms with van der Waals surface area (Å²) in [5.41, 5.74) is 2.34. The Morgan fingerprint density at radius 1 is 1.06 bits per heavy atom. The standard InChI is InChI=1S/C24H29N3O4S/c1-17-10-12-18(13-11-17)32(29,30)27-21(22(28)31-2)16-24(26-14-6-3-7-15-26)19-8-4-5-9-20(19)25-23(24)27/h4-5,8-13,21,23,25H,3,6-7,14-16H2,1-2H3/t21-,23+,24-/m1/s1. The number of methoxy groups -OCH3 is 1. The van der Waals surface area contributed by atoms with Gasteiger partial charge in [0.1, 0.15) is 12.2 Å². The van der Waals surface area contributed by atoms with Gasteiger partial charge in [0.15, 0.2) is 0 Å². The molecule has 8 heteroatoms. The van der Waals surface area contributed by atoms with Crippen molar-refractivity contribution in [2.24, 2.45) is 0 Å². The molecule has 0 saturated carbocycles. The summed E-state index contributed by atoms with van der Waals surface area (Å²) in [6, 6.07) is 13.9. The van der Waals surface area contributed by atoms with E-state index < -0.39 is 33.7 Å². The lowest BCUT2D eigenvalue weighted by atomic mass is 9.84. The molecule has 0 spiro atoms. The van der Waals surface area contributed by atoms with Gasteiger partial charge in [-0.1, -0.05) is 42.3 Å². The Balaban J connectivity index is 1.68. The number of carbonyl (C=O) groups excluding carboxylic acids is 1. The zero-order chi connectivity index (χ0) is 22.5. The minimum Gasteiger partial charge on any atom is -0.468 e. The third-order valence-corrected chi connectivity index (χ3v) is 9.08. The summed E-state index contributed by atoms with van der Waals surface area (Å²) in [4.78, 5) is 15.5. The molecule has 0 bridgehead atoms. The molecule has 3 heterocycles.